The van der Waals surface area contributed by atoms with Crippen molar-refractivity contribution in [1.29, 1.82) is 0 Å². The van der Waals surface area contributed by atoms with Crippen molar-refractivity contribution in [3.8, 4) is 0 Å². The van der Waals surface area contributed by atoms with Crippen LogP contribution in [0.2, 0.25) is 5.54 Å². The van der Waals surface area contributed by atoms with Crippen LogP contribution in [0.15, 0.2) is 24.3 Å². The predicted octanol–water partition coefficient (Wildman–Crippen LogP) is 3.20. The fourth-order valence-corrected chi connectivity index (χ4v) is 4.84. The molecule has 0 N–H and O–H groups in total. The lowest BCUT2D eigenvalue weighted by Crippen LogP contribution is -2.48. The zero-order valence-electron chi connectivity index (χ0n) is 12.0. The zero-order chi connectivity index (χ0) is 13.6. The SMILES string of the molecule is CCC(Cc1ccccc1C)[Si](OC)(OC)OC. The van der Waals surface area contributed by atoms with E-state index in [-0.39, 0.29) is 0 Å². The molecule has 0 spiro atoms. The first-order valence-corrected chi connectivity index (χ1v) is 8.13. The number of benzene rings is 1. The molecular weight excluding hydrogens is 244 g/mol. The van der Waals surface area contributed by atoms with Crippen LogP contribution < -0.4 is 0 Å². The highest BCUT2D eigenvalue weighted by Crippen LogP contribution is 2.31. The second-order valence-corrected chi connectivity index (χ2v) is 7.70. The van der Waals surface area contributed by atoms with Gasteiger partial charge in [0.15, 0.2) is 0 Å². The molecule has 0 bridgehead atoms. The van der Waals surface area contributed by atoms with Crippen molar-refractivity contribution in [3.05, 3.63) is 35.4 Å². The Morgan fingerprint density at radius 1 is 1.06 bits per heavy atom. The quantitative estimate of drug-likeness (QED) is 0.711. The Morgan fingerprint density at radius 2 is 1.61 bits per heavy atom. The Bertz CT molecular complexity index is 356. The molecule has 1 aromatic carbocycles. The monoisotopic (exact) mass is 268 g/mol. The molecule has 0 heterocycles. The largest absolute Gasteiger partial charge is 0.503 e. The van der Waals surface area contributed by atoms with Crippen LogP contribution in [0.5, 0.6) is 0 Å². The molecule has 3 nitrogen and oxygen atoms in total. The summed E-state index contributed by atoms with van der Waals surface area (Å²) < 4.78 is 16.8. The van der Waals surface area contributed by atoms with Gasteiger partial charge in [0.25, 0.3) is 0 Å². The second kappa shape index (κ2) is 7.04. The van der Waals surface area contributed by atoms with E-state index in [9.17, 15) is 0 Å². The van der Waals surface area contributed by atoms with Crippen LogP contribution in [0.1, 0.15) is 24.5 Å². The third kappa shape index (κ3) is 3.20. The van der Waals surface area contributed by atoms with Gasteiger partial charge in [-0.2, -0.15) is 0 Å². The summed E-state index contributed by atoms with van der Waals surface area (Å²) in [5.41, 5.74) is 2.94. The maximum atomic E-state index is 5.60. The lowest BCUT2D eigenvalue weighted by molar-refractivity contribution is 0.110. The van der Waals surface area contributed by atoms with Gasteiger partial charge < -0.3 is 13.3 Å². The molecule has 0 saturated heterocycles. The third-order valence-corrected chi connectivity index (χ3v) is 6.89. The van der Waals surface area contributed by atoms with Crippen LogP contribution in [0.4, 0.5) is 0 Å². The zero-order valence-corrected chi connectivity index (χ0v) is 13.0. The summed E-state index contributed by atoms with van der Waals surface area (Å²) in [6, 6.07) is 8.44. The molecule has 0 fully saturated rings. The second-order valence-electron chi connectivity index (χ2n) is 4.45. The van der Waals surface area contributed by atoms with Gasteiger partial charge in [-0.05, 0) is 30.9 Å². The Hall–Kier alpha value is -0.683. The molecule has 102 valence electrons. The Kier molecular flexibility index (Phi) is 6.01. The van der Waals surface area contributed by atoms with E-state index in [1.165, 1.54) is 11.1 Å². The third-order valence-electron chi connectivity index (χ3n) is 3.57. The van der Waals surface area contributed by atoms with E-state index in [2.05, 4.69) is 38.1 Å². The van der Waals surface area contributed by atoms with Gasteiger partial charge in [-0.25, -0.2) is 0 Å². The number of rotatable bonds is 7. The molecule has 4 heteroatoms. The lowest BCUT2D eigenvalue weighted by atomic mass is 10.0. The highest BCUT2D eigenvalue weighted by atomic mass is 28.4. The van der Waals surface area contributed by atoms with Gasteiger partial charge in [0.05, 0.1) is 0 Å². The van der Waals surface area contributed by atoms with E-state index in [1.54, 1.807) is 21.3 Å². The van der Waals surface area contributed by atoms with Crippen molar-refractivity contribution >= 4 is 8.80 Å². The molecule has 1 atom stereocenters. The molecule has 0 aliphatic carbocycles. The van der Waals surface area contributed by atoms with Gasteiger partial charge in [0.2, 0.25) is 0 Å². The molecule has 0 aliphatic heterocycles. The topological polar surface area (TPSA) is 27.7 Å². The van der Waals surface area contributed by atoms with E-state index in [4.69, 9.17) is 13.3 Å². The minimum atomic E-state index is -2.55. The number of hydrogen-bond donors (Lipinski definition) is 0. The average Bonchev–Trinajstić information content (AvgIpc) is 2.42. The standard InChI is InChI=1S/C14H24O3Si/c1-6-14(18(15-3,16-4)17-5)11-13-10-8-7-9-12(13)2/h7-10,14H,6,11H2,1-5H3. The van der Waals surface area contributed by atoms with E-state index < -0.39 is 8.80 Å². The van der Waals surface area contributed by atoms with Crippen molar-refractivity contribution in [2.24, 2.45) is 0 Å². The predicted molar refractivity (Wildman–Crippen MR) is 75.7 cm³/mol. The molecule has 1 rings (SSSR count). The van der Waals surface area contributed by atoms with Crippen LogP contribution in [-0.2, 0) is 19.7 Å². The summed E-state index contributed by atoms with van der Waals surface area (Å²) in [5, 5.41) is 0. The fraction of sp³-hybridized carbons (Fsp3) is 0.571. The van der Waals surface area contributed by atoms with Crippen molar-refractivity contribution < 1.29 is 13.3 Å². The van der Waals surface area contributed by atoms with Crippen LogP contribution in [-0.4, -0.2) is 30.1 Å². The summed E-state index contributed by atoms with van der Waals surface area (Å²) in [7, 11) is 2.49. The maximum Gasteiger partial charge on any atom is 0.503 e. The van der Waals surface area contributed by atoms with Crippen LogP contribution in [0.25, 0.3) is 0 Å². The lowest BCUT2D eigenvalue weighted by Gasteiger charge is -2.32. The highest BCUT2D eigenvalue weighted by molar-refractivity contribution is 6.62. The van der Waals surface area contributed by atoms with Crippen LogP contribution in [0.3, 0.4) is 0 Å². The normalized spacial score (nSPS) is 13.6. The molecule has 1 aromatic rings. The van der Waals surface area contributed by atoms with Gasteiger partial charge in [-0.1, -0.05) is 31.2 Å². The van der Waals surface area contributed by atoms with E-state index in [1.807, 2.05) is 0 Å². The van der Waals surface area contributed by atoms with Crippen molar-refractivity contribution in [2.45, 2.75) is 32.2 Å². The minimum absolute atomic E-state index is 0.290. The van der Waals surface area contributed by atoms with Gasteiger partial charge in [-0.3, -0.25) is 0 Å². The molecule has 0 saturated carbocycles. The van der Waals surface area contributed by atoms with E-state index in [0.717, 1.165) is 12.8 Å². The number of aryl methyl sites for hydroxylation is 1. The van der Waals surface area contributed by atoms with Crippen molar-refractivity contribution in [1.82, 2.24) is 0 Å². The van der Waals surface area contributed by atoms with Crippen LogP contribution in [0, 0.1) is 6.92 Å². The molecule has 0 aromatic heterocycles. The molecule has 0 radical (unpaired) electrons. The Labute approximate surface area is 111 Å². The molecule has 1 unspecified atom stereocenters. The maximum absolute atomic E-state index is 5.60. The van der Waals surface area contributed by atoms with Gasteiger partial charge in [-0.15, -0.1) is 0 Å². The van der Waals surface area contributed by atoms with Crippen molar-refractivity contribution in [2.75, 3.05) is 21.3 Å². The first kappa shape index (κ1) is 15.4. The highest BCUT2D eigenvalue weighted by Gasteiger charge is 2.46. The average molecular weight is 268 g/mol. The first-order valence-electron chi connectivity index (χ1n) is 6.33. The number of hydrogen-bond acceptors (Lipinski definition) is 3. The fourth-order valence-electron chi connectivity index (χ4n) is 2.37. The van der Waals surface area contributed by atoms with Gasteiger partial charge in [0.1, 0.15) is 0 Å². The minimum Gasteiger partial charge on any atom is -0.377 e. The summed E-state index contributed by atoms with van der Waals surface area (Å²) >= 11 is 0. The molecule has 0 amide bonds. The van der Waals surface area contributed by atoms with E-state index in [0.29, 0.717) is 5.54 Å². The van der Waals surface area contributed by atoms with Gasteiger partial charge >= 0.3 is 8.80 Å². The molecule has 0 aliphatic rings. The van der Waals surface area contributed by atoms with E-state index >= 15 is 0 Å². The summed E-state index contributed by atoms with van der Waals surface area (Å²) in [6.07, 6.45) is 1.92. The van der Waals surface area contributed by atoms with Crippen molar-refractivity contribution in [3.63, 3.8) is 0 Å². The summed E-state index contributed by atoms with van der Waals surface area (Å²) in [5.74, 6) is 0. The Balaban J connectivity index is 2.94. The molecular formula is C14H24O3Si. The van der Waals surface area contributed by atoms with Gasteiger partial charge in [0, 0.05) is 26.9 Å². The summed E-state index contributed by atoms with van der Waals surface area (Å²) in [4.78, 5) is 0. The molecule has 18 heavy (non-hydrogen) atoms. The first-order chi connectivity index (χ1) is 8.63. The smallest absolute Gasteiger partial charge is 0.377 e. The summed E-state index contributed by atoms with van der Waals surface area (Å²) in [6.45, 7) is 4.29. The Morgan fingerprint density at radius 3 is 2.06 bits per heavy atom. The van der Waals surface area contributed by atoms with Crippen LogP contribution >= 0.6 is 0 Å².